The lowest BCUT2D eigenvalue weighted by Gasteiger charge is -2.33. The number of nitrogens with one attached hydrogen (secondary N) is 1. The van der Waals surface area contributed by atoms with Crippen molar-refractivity contribution >= 4 is 27.1 Å². The maximum absolute atomic E-state index is 12.5. The number of sulfone groups is 1. The van der Waals surface area contributed by atoms with Gasteiger partial charge in [-0.15, -0.1) is 11.3 Å². The van der Waals surface area contributed by atoms with Gasteiger partial charge in [-0.25, -0.2) is 8.42 Å². The number of thiophene rings is 1. The molecule has 1 N–H and O–H groups in total. The van der Waals surface area contributed by atoms with Crippen LogP contribution in [-0.4, -0.2) is 51.2 Å². The number of hydrogen-bond donors (Lipinski definition) is 1. The first-order chi connectivity index (χ1) is 9.28. The molecule has 7 heteroatoms. The Kier molecular flexibility index (Phi) is 4.51. The number of nitrogens with zero attached hydrogens (tertiary/aromatic N) is 1. The third kappa shape index (κ3) is 3.59. The number of hydrogen-bond acceptors (Lipinski definition) is 5. The highest BCUT2D eigenvalue weighted by atomic mass is 32.2. The van der Waals surface area contributed by atoms with Gasteiger partial charge in [0.15, 0.2) is 9.84 Å². The monoisotopic (exact) mass is 316 g/mol. The fourth-order valence-corrected chi connectivity index (χ4v) is 4.29. The molecule has 20 heavy (non-hydrogen) atoms. The molecule has 2 heterocycles. The van der Waals surface area contributed by atoms with E-state index in [9.17, 15) is 13.2 Å². The summed E-state index contributed by atoms with van der Waals surface area (Å²) in [5.41, 5.74) is 0.739. The van der Waals surface area contributed by atoms with Crippen LogP contribution in [-0.2, 0) is 15.6 Å². The van der Waals surface area contributed by atoms with E-state index in [4.69, 9.17) is 0 Å². The predicted molar refractivity (Wildman–Crippen MR) is 81.0 cm³/mol. The van der Waals surface area contributed by atoms with E-state index in [1.807, 2.05) is 18.7 Å². The van der Waals surface area contributed by atoms with E-state index < -0.39 is 9.84 Å². The standard InChI is InChI=1S/C13H20N2O3S2/c1-9-7-14-4-5-15(9)13(16)12-6-11(10(2)19-12)8-20(3,17)18/h6,9,14H,4-5,7-8H2,1-3H3/t9-/m0/s1. The lowest BCUT2D eigenvalue weighted by Crippen LogP contribution is -2.52. The van der Waals surface area contributed by atoms with Crippen molar-refractivity contribution in [3.63, 3.8) is 0 Å². The molecule has 2 rings (SSSR count). The van der Waals surface area contributed by atoms with Crippen LogP contribution < -0.4 is 5.32 Å². The van der Waals surface area contributed by atoms with E-state index in [-0.39, 0.29) is 17.7 Å². The smallest absolute Gasteiger partial charge is 0.264 e. The second kappa shape index (κ2) is 5.83. The molecule has 1 aliphatic rings. The second-order valence-electron chi connectivity index (χ2n) is 5.31. The summed E-state index contributed by atoms with van der Waals surface area (Å²) in [6.45, 7) is 6.17. The van der Waals surface area contributed by atoms with Gasteiger partial charge in [-0.1, -0.05) is 0 Å². The van der Waals surface area contributed by atoms with Crippen LogP contribution in [0.2, 0.25) is 0 Å². The molecule has 1 aromatic heterocycles. The van der Waals surface area contributed by atoms with Gasteiger partial charge in [-0.05, 0) is 25.5 Å². The molecule has 1 aromatic rings. The summed E-state index contributed by atoms with van der Waals surface area (Å²) in [7, 11) is -3.08. The van der Waals surface area contributed by atoms with E-state index >= 15 is 0 Å². The summed E-state index contributed by atoms with van der Waals surface area (Å²) in [6, 6.07) is 1.90. The predicted octanol–water partition coefficient (Wildman–Crippen LogP) is 1.04. The van der Waals surface area contributed by atoms with E-state index in [0.717, 1.165) is 23.5 Å². The minimum Gasteiger partial charge on any atom is -0.333 e. The van der Waals surface area contributed by atoms with Crippen LogP contribution in [0.3, 0.4) is 0 Å². The van der Waals surface area contributed by atoms with Crippen molar-refractivity contribution in [2.24, 2.45) is 0 Å². The van der Waals surface area contributed by atoms with Gasteiger partial charge in [0.05, 0.1) is 10.6 Å². The molecule has 0 unspecified atom stereocenters. The minimum atomic E-state index is -3.08. The van der Waals surface area contributed by atoms with Gasteiger partial charge >= 0.3 is 0 Å². The first kappa shape index (κ1) is 15.5. The van der Waals surface area contributed by atoms with Gasteiger partial charge in [0.2, 0.25) is 0 Å². The van der Waals surface area contributed by atoms with E-state index in [2.05, 4.69) is 5.32 Å². The van der Waals surface area contributed by atoms with Gasteiger partial charge in [0.25, 0.3) is 5.91 Å². The normalized spacial score (nSPS) is 20.1. The number of amides is 1. The highest BCUT2D eigenvalue weighted by Gasteiger charge is 2.26. The van der Waals surface area contributed by atoms with Crippen molar-refractivity contribution in [1.82, 2.24) is 10.2 Å². The van der Waals surface area contributed by atoms with Gasteiger partial charge in [-0.3, -0.25) is 4.79 Å². The number of aryl methyl sites for hydroxylation is 1. The Morgan fingerprint density at radius 1 is 1.55 bits per heavy atom. The zero-order valence-electron chi connectivity index (χ0n) is 12.0. The molecular weight excluding hydrogens is 296 g/mol. The zero-order valence-corrected chi connectivity index (χ0v) is 13.6. The fourth-order valence-electron chi connectivity index (χ4n) is 2.34. The Bertz CT molecular complexity index is 607. The number of piperazine rings is 1. The molecule has 0 bridgehead atoms. The summed E-state index contributed by atoms with van der Waals surface area (Å²) < 4.78 is 22.8. The third-order valence-corrected chi connectivity index (χ3v) is 5.33. The van der Waals surface area contributed by atoms with Crippen LogP contribution in [0.15, 0.2) is 6.07 Å². The van der Waals surface area contributed by atoms with Crippen LogP contribution >= 0.6 is 11.3 Å². The molecular formula is C13H20N2O3S2. The SMILES string of the molecule is Cc1sc(C(=O)N2CCNC[C@@H]2C)cc1CS(C)(=O)=O. The topological polar surface area (TPSA) is 66.5 Å². The molecule has 0 spiro atoms. The van der Waals surface area contributed by atoms with Crippen LogP contribution in [0.5, 0.6) is 0 Å². The van der Waals surface area contributed by atoms with Crippen molar-refractivity contribution in [1.29, 1.82) is 0 Å². The Balaban J connectivity index is 2.21. The average Bonchev–Trinajstić information content (AvgIpc) is 2.68. The van der Waals surface area contributed by atoms with Crippen LogP contribution in [0.4, 0.5) is 0 Å². The largest absolute Gasteiger partial charge is 0.333 e. The van der Waals surface area contributed by atoms with Crippen molar-refractivity contribution in [3.8, 4) is 0 Å². The molecule has 0 aliphatic carbocycles. The summed E-state index contributed by atoms with van der Waals surface area (Å²) in [5, 5.41) is 3.25. The lowest BCUT2D eigenvalue weighted by atomic mass is 10.2. The Labute approximate surface area is 123 Å². The lowest BCUT2D eigenvalue weighted by molar-refractivity contribution is 0.0660. The van der Waals surface area contributed by atoms with E-state index in [1.54, 1.807) is 6.07 Å². The fraction of sp³-hybridized carbons (Fsp3) is 0.615. The second-order valence-corrected chi connectivity index (χ2v) is 8.71. The van der Waals surface area contributed by atoms with Crippen molar-refractivity contribution in [2.45, 2.75) is 25.6 Å². The minimum absolute atomic E-state index is 0.000275. The van der Waals surface area contributed by atoms with Crippen LogP contribution in [0, 0.1) is 6.92 Å². The summed E-state index contributed by atoms with van der Waals surface area (Å²) in [6.07, 6.45) is 1.21. The molecule has 5 nitrogen and oxygen atoms in total. The van der Waals surface area contributed by atoms with Crippen molar-refractivity contribution < 1.29 is 13.2 Å². The van der Waals surface area contributed by atoms with E-state index in [0.29, 0.717) is 11.4 Å². The summed E-state index contributed by atoms with van der Waals surface area (Å²) in [4.78, 5) is 15.9. The first-order valence-corrected chi connectivity index (χ1v) is 9.44. The number of rotatable bonds is 3. The highest BCUT2D eigenvalue weighted by Crippen LogP contribution is 2.25. The highest BCUT2D eigenvalue weighted by molar-refractivity contribution is 7.89. The Hall–Kier alpha value is -0.920. The molecule has 0 radical (unpaired) electrons. The Morgan fingerprint density at radius 2 is 2.25 bits per heavy atom. The quantitative estimate of drug-likeness (QED) is 0.905. The molecule has 112 valence electrons. The van der Waals surface area contributed by atoms with Crippen LogP contribution in [0.25, 0.3) is 0 Å². The first-order valence-electron chi connectivity index (χ1n) is 6.56. The maximum atomic E-state index is 12.5. The molecule has 1 aliphatic heterocycles. The van der Waals surface area contributed by atoms with Gasteiger partial charge < -0.3 is 10.2 Å². The van der Waals surface area contributed by atoms with Crippen LogP contribution in [0.1, 0.15) is 27.0 Å². The Morgan fingerprint density at radius 3 is 2.85 bits per heavy atom. The zero-order chi connectivity index (χ0) is 14.9. The number of carbonyl (C=O) groups is 1. The molecule has 0 saturated carbocycles. The van der Waals surface area contributed by atoms with Gasteiger partial charge in [0.1, 0.15) is 0 Å². The molecule has 1 saturated heterocycles. The molecule has 1 amide bonds. The van der Waals surface area contributed by atoms with E-state index in [1.165, 1.54) is 17.6 Å². The van der Waals surface area contributed by atoms with Crippen molar-refractivity contribution in [2.75, 3.05) is 25.9 Å². The third-order valence-electron chi connectivity index (χ3n) is 3.41. The van der Waals surface area contributed by atoms with Crippen molar-refractivity contribution in [3.05, 3.63) is 21.4 Å². The molecule has 1 fully saturated rings. The summed E-state index contributed by atoms with van der Waals surface area (Å²) >= 11 is 1.38. The summed E-state index contributed by atoms with van der Waals surface area (Å²) in [5.74, 6) is 0.00607. The van der Waals surface area contributed by atoms with Gasteiger partial charge in [-0.2, -0.15) is 0 Å². The number of carbonyl (C=O) groups excluding carboxylic acids is 1. The maximum Gasteiger partial charge on any atom is 0.264 e. The van der Waals surface area contributed by atoms with Gasteiger partial charge in [0, 0.05) is 36.8 Å². The molecule has 1 atom stereocenters. The average molecular weight is 316 g/mol. The molecule has 0 aromatic carbocycles.